The summed E-state index contributed by atoms with van der Waals surface area (Å²) < 4.78 is 20.1. The van der Waals surface area contributed by atoms with Gasteiger partial charge in [-0.15, -0.1) is 0 Å². The van der Waals surface area contributed by atoms with E-state index in [9.17, 15) is 4.39 Å². The van der Waals surface area contributed by atoms with Crippen LogP contribution >= 0.6 is 0 Å². The summed E-state index contributed by atoms with van der Waals surface area (Å²) in [5.74, 6) is 0.802. The summed E-state index contributed by atoms with van der Waals surface area (Å²) in [7, 11) is 0. The van der Waals surface area contributed by atoms with Gasteiger partial charge in [-0.1, -0.05) is 12.1 Å². The van der Waals surface area contributed by atoms with Gasteiger partial charge in [0.25, 0.3) is 0 Å². The molecule has 94 valence electrons. The lowest BCUT2D eigenvalue weighted by molar-refractivity contribution is 0.122. The Hall–Kier alpha value is -1.09. The fourth-order valence-corrected chi connectivity index (χ4v) is 2.22. The first-order valence-electron chi connectivity index (χ1n) is 6.27. The molecular formula is C14H20FNO. The van der Waals surface area contributed by atoms with Crippen LogP contribution in [0.15, 0.2) is 24.3 Å². The molecule has 1 heterocycles. The van der Waals surface area contributed by atoms with Crippen LogP contribution in [0, 0.1) is 0 Å². The van der Waals surface area contributed by atoms with Crippen molar-refractivity contribution in [3.05, 3.63) is 29.8 Å². The van der Waals surface area contributed by atoms with Crippen LogP contribution in [0.3, 0.4) is 0 Å². The first kappa shape index (κ1) is 12.4. The van der Waals surface area contributed by atoms with Crippen molar-refractivity contribution in [3.63, 3.8) is 0 Å². The van der Waals surface area contributed by atoms with Gasteiger partial charge in [-0.2, -0.15) is 0 Å². The van der Waals surface area contributed by atoms with Gasteiger partial charge in [0.15, 0.2) is 0 Å². The van der Waals surface area contributed by atoms with Gasteiger partial charge < -0.3 is 10.1 Å². The highest BCUT2D eigenvalue weighted by molar-refractivity contribution is 5.31. The van der Waals surface area contributed by atoms with Crippen molar-refractivity contribution in [2.45, 2.75) is 38.5 Å². The molecule has 0 aliphatic carbocycles. The van der Waals surface area contributed by atoms with E-state index >= 15 is 0 Å². The van der Waals surface area contributed by atoms with Crippen LogP contribution in [-0.4, -0.2) is 19.2 Å². The van der Waals surface area contributed by atoms with Gasteiger partial charge in [0, 0.05) is 6.54 Å². The summed E-state index contributed by atoms with van der Waals surface area (Å²) in [6, 6.07) is 7.38. The van der Waals surface area contributed by atoms with Crippen molar-refractivity contribution in [1.82, 2.24) is 5.32 Å². The first-order chi connectivity index (χ1) is 8.10. The normalized spacial score (nSPS) is 24.9. The van der Waals surface area contributed by atoms with Crippen LogP contribution in [0.5, 0.6) is 5.75 Å². The molecule has 1 aliphatic heterocycles. The molecule has 0 saturated carbocycles. The zero-order valence-electron chi connectivity index (χ0n) is 10.5. The number of ether oxygens (including phenoxy) is 1. The smallest absolute Gasteiger partial charge is 0.148 e. The van der Waals surface area contributed by atoms with E-state index in [0.717, 1.165) is 24.3 Å². The minimum atomic E-state index is -1.21. The standard InChI is InChI=1S/C14H20FNO/c1-11(2)17-13-6-4-12(5-7-13)14(15)8-3-9-16-10-14/h4-7,11,16H,3,8-10H2,1-2H3. The molecule has 1 atom stereocenters. The van der Waals surface area contributed by atoms with Crippen molar-refractivity contribution in [2.75, 3.05) is 13.1 Å². The minimum Gasteiger partial charge on any atom is -0.491 e. The Morgan fingerprint density at radius 3 is 2.53 bits per heavy atom. The zero-order chi connectivity index (χ0) is 12.3. The van der Waals surface area contributed by atoms with Gasteiger partial charge in [-0.3, -0.25) is 0 Å². The summed E-state index contributed by atoms with van der Waals surface area (Å²) in [5.41, 5.74) is -0.463. The second-order valence-corrected chi connectivity index (χ2v) is 4.94. The van der Waals surface area contributed by atoms with E-state index in [1.165, 1.54) is 0 Å². The van der Waals surface area contributed by atoms with Crippen molar-refractivity contribution >= 4 is 0 Å². The molecule has 3 heteroatoms. The number of piperidine rings is 1. The summed E-state index contributed by atoms with van der Waals surface area (Å²) in [4.78, 5) is 0. The maximum absolute atomic E-state index is 14.6. The highest BCUT2D eigenvalue weighted by atomic mass is 19.1. The van der Waals surface area contributed by atoms with Gasteiger partial charge in [-0.05, 0) is 50.9 Å². The van der Waals surface area contributed by atoms with E-state index < -0.39 is 5.67 Å². The molecule has 1 fully saturated rings. The fraction of sp³-hybridized carbons (Fsp3) is 0.571. The molecule has 0 aromatic heterocycles. The summed E-state index contributed by atoms with van der Waals surface area (Å²) in [6.45, 7) is 5.29. The van der Waals surface area contributed by atoms with Crippen LogP contribution in [0.2, 0.25) is 0 Å². The third-order valence-electron chi connectivity index (χ3n) is 3.08. The Kier molecular flexibility index (Phi) is 3.67. The average molecular weight is 237 g/mol. The highest BCUT2D eigenvalue weighted by Crippen LogP contribution is 2.33. The van der Waals surface area contributed by atoms with Crippen molar-refractivity contribution in [2.24, 2.45) is 0 Å². The lowest BCUT2D eigenvalue weighted by Gasteiger charge is -2.30. The quantitative estimate of drug-likeness (QED) is 0.872. The van der Waals surface area contributed by atoms with Gasteiger partial charge >= 0.3 is 0 Å². The predicted molar refractivity (Wildman–Crippen MR) is 67.1 cm³/mol. The molecule has 2 rings (SSSR count). The van der Waals surface area contributed by atoms with E-state index in [0.29, 0.717) is 13.0 Å². The Bertz CT molecular complexity index is 355. The topological polar surface area (TPSA) is 21.3 Å². The molecule has 1 N–H and O–H groups in total. The van der Waals surface area contributed by atoms with Crippen molar-refractivity contribution < 1.29 is 9.13 Å². The number of hydrogen-bond acceptors (Lipinski definition) is 2. The van der Waals surface area contributed by atoms with E-state index in [2.05, 4.69) is 5.32 Å². The number of rotatable bonds is 3. The van der Waals surface area contributed by atoms with Crippen LogP contribution < -0.4 is 10.1 Å². The molecule has 0 amide bonds. The van der Waals surface area contributed by atoms with E-state index in [1.807, 2.05) is 38.1 Å². The molecule has 1 aliphatic rings. The van der Waals surface area contributed by atoms with Gasteiger partial charge in [0.2, 0.25) is 0 Å². The van der Waals surface area contributed by atoms with E-state index in [-0.39, 0.29) is 6.10 Å². The molecule has 0 spiro atoms. The molecular weight excluding hydrogens is 217 g/mol. The Balaban J connectivity index is 2.11. The number of alkyl halides is 1. The molecule has 1 aromatic rings. The minimum absolute atomic E-state index is 0.150. The van der Waals surface area contributed by atoms with Crippen LogP contribution in [-0.2, 0) is 5.67 Å². The third-order valence-corrected chi connectivity index (χ3v) is 3.08. The molecule has 1 aromatic carbocycles. The molecule has 2 nitrogen and oxygen atoms in total. The Morgan fingerprint density at radius 2 is 2.00 bits per heavy atom. The Morgan fingerprint density at radius 1 is 1.29 bits per heavy atom. The fourth-order valence-electron chi connectivity index (χ4n) is 2.22. The van der Waals surface area contributed by atoms with Gasteiger partial charge in [0.05, 0.1) is 6.10 Å². The van der Waals surface area contributed by atoms with Crippen LogP contribution in [0.25, 0.3) is 0 Å². The number of nitrogens with one attached hydrogen (secondary N) is 1. The lowest BCUT2D eigenvalue weighted by atomic mass is 9.88. The van der Waals surface area contributed by atoms with E-state index in [1.54, 1.807) is 0 Å². The molecule has 1 saturated heterocycles. The molecule has 17 heavy (non-hydrogen) atoms. The van der Waals surface area contributed by atoms with Gasteiger partial charge in [-0.25, -0.2) is 4.39 Å². The van der Waals surface area contributed by atoms with Crippen molar-refractivity contribution in [3.8, 4) is 5.75 Å². The lowest BCUT2D eigenvalue weighted by Crippen LogP contribution is -2.40. The summed E-state index contributed by atoms with van der Waals surface area (Å²) >= 11 is 0. The second kappa shape index (κ2) is 5.05. The molecule has 0 radical (unpaired) electrons. The molecule has 0 bridgehead atoms. The predicted octanol–water partition coefficient (Wildman–Crippen LogP) is 3.02. The Labute approximate surface area is 102 Å². The largest absolute Gasteiger partial charge is 0.491 e. The van der Waals surface area contributed by atoms with Crippen molar-refractivity contribution in [1.29, 1.82) is 0 Å². The SMILES string of the molecule is CC(C)Oc1ccc(C2(F)CCCNC2)cc1. The number of benzene rings is 1. The second-order valence-electron chi connectivity index (χ2n) is 4.94. The highest BCUT2D eigenvalue weighted by Gasteiger charge is 2.33. The van der Waals surface area contributed by atoms with Gasteiger partial charge in [0.1, 0.15) is 11.4 Å². The third kappa shape index (κ3) is 2.97. The monoisotopic (exact) mass is 237 g/mol. The maximum atomic E-state index is 14.6. The van der Waals surface area contributed by atoms with Crippen LogP contribution in [0.1, 0.15) is 32.3 Å². The number of hydrogen-bond donors (Lipinski definition) is 1. The maximum Gasteiger partial charge on any atom is 0.148 e. The zero-order valence-corrected chi connectivity index (χ0v) is 10.5. The van der Waals surface area contributed by atoms with E-state index in [4.69, 9.17) is 4.74 Å². The summed E-state index contributed by atoms with van der Waals surface area (Å²) in [5, 5.41) is 3.11. The number of halogens is 1. The first-order valence-corrected chi connectivity index (χ1v) is 6.27. The molecule has 1 unspecified atom stereocenters. The summed E-state index contributed by atoms with van der Waals surface area (Å²) in [6.07, 6.45) is 1.64. The van der Waals surface area contributed by atoms with Crippen LogP contribution in [0.4, 0.5) is 4.39 Å². The average Bonchev–Trinajstić information content (AvgIpc) is 2.30.